The average molecular weight is 429 g/mol. The Labute approximate surface area is 175 Å². The van der Waals surface area contributed by atoms with Crippen molar-refractivity contribution in [1.82, 2.24) is 14.6 Å². The number of nitrogens with zero attached hydrogens (tertiary/aromatic N) is 3. The first-order valence-electron chi connectivity index (χ1n) is 8.61. The van der Waals surface area contributed by atoms with Crippen molar-refractivity contribution in [2.24, 2.45) is 11.5 Å². The lowest BCUT2D eigenvalue weighted by atomic mass is 10.1. The molecule has 0 saturated carbocycles. The highest BCUT2D eigenvalue weighted by Crippen LogP contribution is 2.13. The average Bonchev–Trinajstić information content (AvgIpc) is 3.22. The Morgan fingerprint density at radius 1 is 1.06 bits per heavy atom. The Morgan fingerprint density at radius 2 is 1.68 bits per heavy atom. The number of rotatable bonds is 5. The molecule has 0 atom stereocenters. The van der Waals surface area contributed by atoms with E-state index in [1.54, 1.807) is 12.1 Å². The number of fused-ring (bicyclic) bond motifs is 1. The Morgan fingerprint density at radius 3 is 2.16 bits per heavy atom. The van der Waals surface area contributed by atoms with Crippen LogP contribution in [0.5, 0.6) is 0 Å². The van der Waals surface area contributed by atoms with Crippen LogP contribution in [0.3, 0.4) is 0 Å². The van der Waals surface area contributed by atoms with Crippen LogP contribution in [-0.4, -0.2) is 57.7 Å². The number of aromatic carboxylic acids is 1. The van der Waals surface area contributed by atoms with Gasteiger partial charge in [-0.1, -0.05) is 12.1 Å². The highest BCUT2D eigenvalue weighted by molar-refractivity contribution is 6.00. The number of carboxylic acids is 1. The molecular weight excluding hydrogens is 410 g/mol. The quantitative estimate of drug-likeness (QED) is 0.474. The normalized spacial score (nSPS) is 10.0. The van der Waals surface area contributed by atoms with Crippen LogP contribution in [0.2, 0.25) is 0 Å². The molecular formula is C19H19N5O7. The number of ether oxygens (including phenoxy) is 2. The number of esters is 2. The molecule has 0 aliphatic rings. The fraction of sp³-hybridized carbons (Fsp3) is 0.158. The molecule has 12 nitrogen and oxygen atoms in total. The van der Waals surface area contributed by atoms with Crippen LogP contribution in [0, 0.1) is 0 Å². The summed E-state index contributed by atoms with van der Waals surface area (Å²) in [6.45, 7) is 0.488. The SMILES string of the molecule is COC(=O)c1cc(C(=O)O)nc2c(C(N)=O)cnn12.COC(=O)c1ccc(CN)cc1. The van der Waals surface area contributed by atoms with Crippen LogP contribution >= 0.6 is 0 Å². The van der Waals surface area contributed by atoms with E-state index >= 15 is 0 Å². The van der Waals surface area contributed by atoms with Crippen molar-refractivity contribution in [3.63, 3.8) is 0 Å². The van der Waals surface area contributed by atoms with Crippen LogP contribution in [-0.2, 0) is 16.0 Å². The Kier molecular flexibility index (Phi) is 7.36. The number of hydrogen-bond acceptors (Lipinski definition) is 9. The van der Waals surface area contributed by atoms with Crippen molar-refractivity contribution in [2.45, 2.75) is 6.54 Å². The number of carbonyl (C=O) groups is 4. The van der Waals surface area contributed by atoms with Crippen molar-refractivity contribution in [3.8, 4) is 0 Å². The number of methoxy groups -OCH3 is 2. The van der Waals surface area contributed by atoms with E-state index in [0.717, 1.165) is 29.5 Å². The van der Waals surface area contributed by atoms with E-state index in [1.807, 2.05) is 12.1 Å². The van der Waals surface area contributed by atoms with Gasteiger partial charge in [0.1, 0.15) is 5.56 Å². The van der Waals surface area contributed by atoms with Crippen LogP contribution in [0.4, 0.5) is 0 Å². The number of carbonyl (C=O) groups excluding carboxylic acids is 3. The number of hydrogen-bond donors (Lipinski definition) is 3. The van der Waals surface area contributed by atoms with E-state index in [2.05, 4.69) is 19.6 Å². The number of amides is 1. The molecule has 0 unspecified atom stereocenters. The van der Waals surface area contributed by atoms with Crippen LogP contribution < -0.4 is 11.5 Å². The molecule has 1 aromatic carbocycles. The standard InChI is InChI=1S/C10H8N4O5.C9H11NO2/c1-19-10(18)6-2-5(9(16)17)13-8-4(7(11)15)3-12-14(6)8;1-12-9(11)8-4-2-7(6-10)3-5-8/h2-3H,1H3,(H2,11,15)(H,16,17);2-5H,6,10H2,1H3. The summed E-state index contributed by atoms with van der Waals surface area (Å²) >= 11 is 0. The van der Waals surface area contributed by atoms with Crippen molar-refractivity contribution < 1.29 is 33.8 Å². The molecule has 0 radical (unpaired) electrons. The van der Waals surface area contributed by atoms with E-state index in [4.69, 9.17) is 16.6 Å². The van der Waals surface area contributed by atoms with Gasteiger partial charge in [-0.05, 0) is 17.7 Å². The zero-order chi connectivity index (χ0) is 23.1. The number of primary amides is 1. The van der Waals surface area contributed by atoms with E-state index in [1.165, 1.54) is 7.11 Å². The van der Waals surface area contributed by atoms with Gasteiger partial charge in [-0.2, -0.15) is 5.10 Å². The molecule has 3 aromatic rings. The minimum Gasteiger partial charge on any atom is -0.477 e. The topological polar surface area (TPSA) is 189 Å². The zero-order valence-corrected chi connectivity index (χ0v) is 16.6. The molecule has 2 aromatic heterocycles. The smallest absolute Gasteiger partial charge is 0.356 e. The number of carboxylic acid groups (broad SMARTS) is 1. The van der Waals surface area contributed by atoms with E-state index in [9.17, 15) is 19.2 Å². The zero-order valence-electron chi connectivity index (χ0n) is 16.6. The van der Waals surface area contributed by atoms with E-state index in [-0.39, 0.29) is 22.9 Å². The Hall–Kier alpha value is -4.32. The third-order valence-corrected chi connectivity index (χ3v) is 3.96. The minimum atomic E-state index is -1.36. The number of benzene rings is 1. The summed E-state index contributed by atoms with van der Waals surface area (Å²) in [6, 6.07) is 8.03. The predicted octanol–water partition coefficient (Wildman–Crippen LogP) is 0.245. The van der Waals surface area contributed by atoms with Gasteiger partial charge in [0.2, 0.25) is 0 Å². The molecule has 0 bridgehead atoms. The molecule has 0 aliphatic heterocycles. The van der Waals surface area contributed by atoms with Gasteiger partial charge >= 0.3 is 17.9 Å². The summed E-state index contributed by atoms with van der Waals surface area (Å²) in [5.41, 5.74) is 11.3. The van der Waals surface area contributed by atoms with Crippen LogP contribution in [0.15, 0.2) is 36.5 Å². The van der Waals surface area contributed by atoms with Gasteiger partial charge in [-0.15, -0.1) is 0 Å². The number of nitrogens with two attached hydrogens (primary N) is 2. The summed E-state index contributed by atoms with van der Waals surface area (Å²) in [4.78, 5) is 48.4. The third kappa shape index (κ3) is 5.19. The van der Waals surface area contributed by atoms with Crippen molar-refractivity contribution in [2.75, 3.05) is 14.2 Å². The van der Waals surface area contributed by atoms with E-state index in [0.29, 0.717) is 12.1 Å². The third-order valence-electron chi connectivity index (χ3n) is 3.96. The second kappa shape index (κ2) is 9.93. The predicted molar refractivity (Wildman–Crippen MR) is 105 cm³/mol. The molecule has 0 spiro atoms. The molecule has 162 valence electrons. The summed E-state index contributed by atoms with van der Waals surface area (Å²) < 4.78 is 10.1. The van der Waals surface area contributed by atoms with Gasteiger partial charge in [0.05, 0.1) is 26.0 Å². The van der Waals surface area contributed by atoms with Gasteiger partial charge in [0.25, 0.3) is 5.91 Å². The molecule has 1 amide bonds. The van der Waals surface area contributed by atoms with Crippen molar-refractivity contribution in [1.29, 1.82) is 0 Å². The minimum absolute atomic E-state index is 0.0896. The van der Waals surface area contributed by atoms with Gasteiger partial charge in [0.15, 0.2) is 17.0 Å². The largest absolute Gasteiger partial charge is 0.477 e. The first-order valence-corrected chi connectivity index (χ1v) is 8.61. The first kappa shape index (κ1) is 23.0. The highest BCUT2D eigenvalue weighted by Gasteiger charge is 2.21. The first-order chi connectivity index (χ1) is 14.7. The fourth-order valence-electron chi connectivity index (χ4n) is 2.39. The second-order valence-corrected chi connectivity index (χ2v) is 5.87. The summed E-state index contributed by atoms with van der Waals surface area (Å²) in [5.74, 6) is -3.32. The highest BCUT2D eigenvalue weighted by atomic mass is 16.5. The lowest BCUT2D eigenvalue weighted by molar-refractivity contribution is 0.0585. The summed E-state index contributed by atoms with van der Waals surface area (Å²) in [7, 11) is 2.49. The fourth-order valence-corrected chi connectivity index (χ4v) is 2.39. The molecule has 3 rings (SSSR count). The molecule has 12 heteroatoms. The van der Waals surface area contributed by atoms with Gasteiger partial charge in [-0.25, -0.2) is 23.9 Å². The van der Waals surface area contributed by atoms with Crippen LogP contribution in [0.1, 0.15) is 47.3 Å². The summed E-state index contributed by atoms with van der Waals surface area (Å²) in [5, 5.41) is 12.7. The van der Waals surface area contributed by atoms with E-state index < -0.39 is 23.5 Å². The van der Waals surface area contributed by atoms with Gasteiger partial charge < -0.3 is 26.0 Å². The lowest BCUT2D eigenvalue weighted by Crippen LogP contribution is -2.16. The van der Waals surface area contributed by atoms with Crippen molar-refractivity contribution in [3.05, 3.63) is 64.6 Å². The van der Waals surface area contributed by atoms with Gasteiger partial charge in [0, 0.05) is 12.6 Å². The Bertz CT molecular complexity index is 1140. The maximum atomic E-state index is 11.6. The molecule has 0 fully saturated rings. The lowest BCUT2D eigenvalue weighted by Gasteiger charge is -2.04. The van der Waals surface area contributed by atoms with Crippen LogP contribution in [0.25, 0.3) is 5.65 Å². The number of aromatic nitrogens is 3. The van der Waals surface area contributed by atoms with Gasteiger partial charge in [-0.3, -0.25) is 4.79 Å². The maximum Gasteiger partial charge on any atom is 0.356 e. The molecule has 5 N–H and O–H groups in total. The molecule has 2 heterocycles. The maximum absolute atomic E-state index is 11.6. The second-order valence-electron chi connectivity index (χ2n) is 5.87. The molecule has 31 heavy (non-hydrogen) atoms. The Balaban J connectivity index is 0.000000245. The molecule has 0 aliphatic carbocycles. The monoisotopic (exact) mass is 429 g/mol. The summed E-state index contributed by atoms with van der Waals surface area (Å²) in [6.07, 6.45) is 1.10. The van der Waals surface area contributed by atoms with Crippen molar-refractivity contribution >= 4 is 29.5 Å². The molecule has 0 saturated heterocycles.